The van der Waals surface area contributed by atoms with Crippen molar-refractivity contribution in [1.29, 1.82) is 0 Å². The summed E-state index contributed by atoms with van der Waals surface area (Å²) >= 11 is 0. The van der Waals surface area contributed by atoms with Gasteiger partial charge in [-0.1, -0.05) is 19.3 Å². The molecule has 17 heavy (non-hydrogen) atoms. The van der Waals surface area contributed by atoms with Gasteiger partial charge in [0.25, 0.3) is 0 Å². The molecule has 0 atom stereocenters. The van der Waals surface area contributed by atoms with Gasteiger partial charge >= 0.3 is 0 Å². The van der Waals surface area contributed by atoms with Crippen molar-refractivity contribution in [3.05, 3.63) is 0 Å². The predicted octanol–water partition coefficient (Wildman–Crippen LogP) is 1.97. The van der Waals surface area contributed by atoms with E-state index < -0.39 is 0 Å². The Hall–Kier alpha value is -0.410. The molecule has 96 valence electrons. The van der Waals surface area contributed by atoms with Crippen molar-refractivity contribution in [2.75, 3.05) is 13.1 Å². The molecule has 1 saturated heterocycles. The monoisotopic (exact) mass is 236 g/mol. The highest BCUT2D eigenvalue weighted by Crippen LogP contribution is 2.48. The van der Waals surface area contributed by atoms with Crippen molar-refractivity contribution in [3.8, 4) is 0 Å². The molecule has 0 amide bonds. The number of hydrogen-bond acceptors (Lipinski definition) is 3. The van der Waals surface area contributed by atoms with Crippen LogP contribution in [0.5, 0.6) is 0 Å². The minimum atomic E-state index is 0.0217. The highest BCUT2D eigenvalue weighted by molar-refractivity contribution is 5.86. The van der Waals surface area contributed by atoms with Crippen LogP contribution in [0.1, 0.15) is 57.8 Å². The maximum absolute atomic E-state index is 12.3. The van der Waals surface area contributed by atoms with E-state index in [1.165, 1.54) is 25.7 Å². The standard InChI is InChI=1S/C14H24N2O/c17-12-5-8-14(15-9-4-10-16-14)11-13(12)6-2-1-3-7-13/h15-16H,1-11H2. The molecule has 0 aromatic heterocycles. The average Bonchev–Trinajstić information content (AvgIpc) is 2.37. The molecule has 1 heterocycles. The van der Waals surface area contributed by atoms with Crippen LogP contribution < -0.4 is 10.6 Å². The first kappa shape index (κ1) is 11.7. The van der Waals surface area contributed by atoms with Gasteiger partial charge in [-0.2, -0.15) is 0 Å². The van der Waals surface area contributed by atoms with Crippen molar-refractivity contribution < 1.29 is 4.79 Å². The minimum Gasteiger partial charge on any atom is -0.299 e. The number of nitrogens with one attached hydrogen (secondary N) is 2. The fourth-order valence-electron chi connectivity index (χ4n) is 4.15. The van der Waals surface area contributed by atoms with Crippen molar-refractivity contribution in [3.63, 3.8) is 0 Å². The fourth-order valence-corrected chi connectivity index (χ4v) is 4.15. The Morgan fingerprint density at radius 2 is 1.59 bits per heavy atom. The lowest BCUT2D eigenvalue weighted by Crippen LogP contribution is -2.66. The van der Waals surface area contributed by atoms with E-state index in [1.807, 2.05) is 0 Å². The summed E-state index contributed by atoms with van der Waals surface area (Å²) in [5.41, 5.74) is 0.108. The third kappa shape index (κ3) is 2.04. The summed E-state index contributed by atoms with van der Waals surface area (Å²) in [7, 11) is 0. The maximum Gasteiger partial charge on any atom is 0.139 e. The molecule has 2 spiro atoms. The third-order valence-corrected chi connectivity index (χ3v) is 5.10. The van der Waals surface area contributed by atoms with Gasteiger partial charge in [0.1, 0.15) is 5.78 Å². The number of carbonyl (C=O) groups is 1. The Morgan fingerprint density at radius 1 is 0.882 bits per heavy atom. The van der Waals surface area contributed by atoms with Gasteiger partial charge in [0.2, 0.25) is 0 Å². The van der Waals surface area contributed by atoms with Crippen LogP contribution in [0.25, 0.3) is 0 Å². The first-order chi connectivity index (χ1) is 8.25. The molecule has 0 aromatic carbocycles. The largest absolute Gasteiger partial charge is 0.299 e. The molecule has 2 aliphatic carbocycles. The van der Waals surface area contributed by atoms with Crippen LogP contribution >= 0.6 is 0 Å². The topological polar surface area (TPSA) is 41.1 Å². The van der Waals surface area contributed by atoms with E-state index >= 15 is 0 Å². The van der Waals surface area contributed by atoms with Gasteiger partial charge in [0.05, 0.1) is 5.66 Å². The van der Waals surface area contributed by atoms with Crippen LogP contribution in [0.4, 0.5) is 0 Å². The van der Waals surface area contributed by atoms with E-state index in [2.05, 4.69) is 10.6 Å². The molecule has 0 aromatic rings. The van der Waals surface area contributed by atoms with Gasteiger partial charge in [0.15, 0.2) is 0 Å². The van der Waals surface area contributed by atoms with Gasteiger partial charge in [-0.25, -0.2) is 0 Å². The SMILES string of the molecule is O=C1CCC2(CC13CCCCC3)NCCCN2. The lowest BCUT2D eigenvalue weighted by atomic mass is 9.61. The van der Waals surface area contributed by atoms with Crippen LogP contribution in [0.15, 0.2) is 0 Å². The zero-order valence-electron chi connectivity index (χ0n) is 10.7. The molecule has 1 aliphatic heterocycles. The molecule has 0 bridgehead atoms. The molecule has 2 N–H and O–H groups in total. The molecule has 0 unspecified atom stereocenters. The van der Waals surface area contributed by atoms with E-state index in [1.54, 1.807) is 0 Å². The fraction of sp³-hybridized carbons (Fsp3) is 0.929. The van der Waals surface area contributed by atoms with E-state index in [9.17, 15) is 4.79 Å². The number of ketones is 1. The third-order valence-electron chi connectivity index (χ3n) is 5.10. The van der Waals surface area contributed by atoms with Crippen LogP contribution in [-0.4, -0.2) is 24.5 Å². The second-order valence-corrected chi connectivity index (χ2v) is 6.23. The van der Waals surface area contributed by atoms with Crippen LogP contribution in [-0.2, 0) is 4.79 Å². The van der Waals surface area contributed by atoms with Gasteiger partial charge < -0.3 is 0 Å². The maximum atomic E-state index is 12.3. The van der Waals surface area contributed by atoms with Crippen molar-refractivity contribution >= 4 is 5.78 Å². The molecular weight excluding hydrogens is 212 g/mol. The lowest BCUT2D eigenvalue weighted by molar-refractivity contribution is -0.137. The van der Waals surface area contributed by atoms with Crippen molar-refractivity contribution in [1.82, 2.24) is 10.6 Å². The minimum absolute atomic E-state index is 0.0217. The highest BCUT2D eigenvalue weighted by atomic mass is 16.1. The molecule has 3 heteroatoms. The first-order valence-electron chi connectivity index (χ1n) is 7.28. The smallest absolute Gasteiger partial charge is 0.139 e. The second-order valence-electron chi connectivity index (χ2n) is 6.23. The molecular formula is C14H24N2O. The average molecular weight is 236 g/mol. The summed E-state index contributed by atoms with van der Waals surface area (Å²) in [5, 5.41) is 7.33. The Morgan fingerprint density at radius 3 is 2.29 bits per heavy atom. The Balaban J connectivity index is 1.80. The zero-order valence-corrected chi connectivity index (χ0v) is 10.7. The Kier molecular flexibility index (Phi) is 2.99. The summed E-state index contributed by atoms with van der Waals surface area (Å²) in [6.45, 7) is 2.22. The van der Waals surface area contributed by atoms with Crippen LogP contribution in [0, 0.1) is 5.41 Å². The second kappa shape index (κ2) is 4.36. The number of hydrogen-bond donors (Lipinski definition) is 2. The number of carbonyl (C=O) groups excluding carboxylic acids is 1. The zero-order chi connectivity index (χ0) is 11.8. The van der Waals surface area contributed by atoms with E-state index in [0.717, 1.165) is 45.2 Å². The lowest BCUT2D eigenvalue weighted by Gasteiger charge is -2.51. The summed E-state index contributed by atoms with van der Waals surface area (Å²) in [6, 6.07) is 0. The molecule has 3 rings (SSSR count). The van der Waals surface area contributed by atoms with Gasteiger partial charge in [-0.15, -0.1) is 0 Å². The highest BCUT2D eigenvalue weighted by Gasteiger charge is 2.50. The number of rotatable bonds is 0. The molecule has 3 aliphatic rings. The van der Waals surface area contributed by atoms with Gasteiger partial charge in [-0.3, -0.25) is 15.4 Å². The van der Waals surface area contributed by atoms with E-state index in [4.69, 9.17) is 0 Å². The summed E-state index contributed by atoms with van der Waals surface area (Å²) in [4.78, 5) is 12.3. The number of Topliss-reactive ketones (excluding diaryl/α,β-unsaturated/α-hetero) is 1. The Bertz CT molecular complexity index is 301. The quantitative estimate of drug-likeness (QED) is 0.675. The first-order valence-corrected chi connectivity index (χ1v) is 7.28. The van der Waals surface area contributed by atoms with Gasteiger partial charge in [-0.05, 0) is 45.2 Å². The van der Waals surface area contributed by atoms with Gasteiger partial charge in [0, 0.05) is 11.8 Å². The van der Waals surface area contributed by atoms with Crippen LogP contribution in [0.2, 0.25) is 0 Å². The van der Waals surface area contributed by atoms with Crippen molar-refractivity contribution in [2.45, 2.75) is 63.5 Å². The Labute approximate surface area is 104 Å². The predicted molar refractivity (Wildman–Crippen MR) is 67.7 cm³/mol. The summed E-state index contributed by atoms with van der Waals surface area (Å²) < 4.78 is 0. The molecule has 3 fully saturated rings. The van der Waals surface area contributed by atoms with E-state index in [-0.39, 0.29) is 11.1 Å². The molecule has 0 radical (unpaired) electrons. The normalized spacial score (nSPS) is 31.9. The molecule has 3 nitrogen and oxygen atoms in total. The summed E-state index contributed by atoms with van der Waals surface area (Å²) in [5.74, 6) is 0.553. The molecule has 2 saturated carbocycles. The van der Waals surface area contributed by atoms with Crippen molar-refractivity contribution in [2.24, 2.45) is 5.41 Å². The summed E-state index contributed by atoms with van der Waals surface area (Å²) in [6.07, 6.45) is 10.1. The van der Waals surface area contributed by atoms with Crippen LogP contribution in [0.3, 0.4) is 0 Å². The van der Waals surface area contributed by atoms with E-state index in [0.29, 0.717) is 5.78 Å².